The maximum Gasteiger partial charge on any atom is 0.315 e. The molecule has 0 spiro atoms. The minimum absolute atomic E-state index is 0.0788. The Morgan fingerprint density at radius 2 is 1.83 bits per heavy atom. The zero-order valence-corrected chi connectivity index (χ0v) is 15.6. The molecule has 0 saturated carbocycles. The second kappa shape index (κ2) is 10.4. The highest BCUT2D eigenvalue weighted by atomic mass is 35.5. The van der Waals surface area contributed by atoms with Crippen molar-refractivity contribution in [2.75, 3.05) is 37.0 Å². The fraction of sp³-hybridized carbons (Fsp3) is 0.400. The van der Waals surface area contributed by atoms with Gasteiger partial charge in [0.2, 0.25) is 11.8 Å². The van der Waals surface area contributed by atoms with Gasteiger partial charge in [0, 0.05) is 7.05 Å². The quantitative estimate of drug-likeness (QED) is 0.688. The van der Waals surface area contributed by atoms with Crippen LogP contribution in [0.4, 0.5) is 5.69 Å². The zero-order valence-electron chi connectivity index (χ0n) is 13.3. The van der Waals surface area contributed by atoms with Crippen molar-refractivity contribution in [3.05, 3.63) is 28.2 Å². The minimum Gasteiger partial charge on any atom is -0.465 e. The number of ether oxygens (including phenoxy) is 1. The van der Waals surface area contributed by atoms with Crippen molar-refractivity contribution in [1.29, 1.82) is 0 Å². The lowest BCUT2D eigenvalue weighted by atomic mass is 10.3. The maximum absolute atomic E-state index is 12.0. The number of anilines is 1. The fourth-order valence-electron chi connectivity index (χ4n) is 1.63. The molecule has 0 radical (unpaired) electrons. The van der Waals surface area contributed by atoms with Gasteiger partial charge < -0.3 is 15.0 Å². The van der Waals surface area contributed by atoms with Crippen LogP contribution in [0, 0.1) is 0 Å². The predicted octanol–water partition coefficient (Wildman–Crippen LogP) is 2.69. The van der Waals surface area contributed by atoms with Crippen LogP contribution in [0.25, 0.3) is 0 Å². The van der Waals surface area contributed by atoms with E-state index >= 15 is 0 Å². The number of hydrogen-bond acceptors (Lipinski definition) is 5. The number of amides is 2. The van der Waals surface area contributed by atoms with E-state index in [4.69, 9.17) is 27.9 Å². The van der Waals surface area contributed by atoms with Gasteiger partial charge in [-0.05, 0) is 19.1 Å². The van der Waals surface area contributed by atoms with E-state index < -0.39 is 5.91 Å². The molecular formula is C15H18Cl2N2O4S. The molecule has 1 aromatic carbocycles. The first-order valence-electron chi connectivity index (χ1n) is 7.06. The molecule has 0 aliphatic heterocycles. The molecule has 6 nitrogen and oxygen atoms in total. The molecule has 0 aliphatic rings. The van der Waals surface area contributed by atoms with Crippen LogP contribution in [0.2, 0.25) is 10.0 Å². The summed E-state index contributed by atoms with van der Waals surface area (Å²) in [4.78, 5) is 36.4. The van der Waals surface area contributed by atoms with Crippen molar-refractivity contribution in [1.82, 2.24) is 4.90 Å². The van der Waals surface area contributed by atoms with Crippen LogP contribution in [-0.2, 0) is 19.1 Å². The van der Waals surface area contributed by atoms with Crippen molar-refractivity contribution < 1.29 is 19.1 Å². The van der Waals surface area contributed by atoms with Crippen molar-refractivity contribution in [3.8, 4) is 0 Å². The standard InChI is InChI=1S/C15H18Cl2N2O4S/c1-3-23-14(22)9-24-8-13(21)19(2)7-12(20)18-15-10(16)5-4-6-11(15)17/h4-6H,3,7-9H2,1-2H3,(H,18,20). The van der Waals surface area contributed by atoms with Gasteiger partial charge in [-0.25, -0.2) is 0 Å². The summed E-state index contributed by atoms with van der Waals surface area (Å²) in [6.07, 6.45) is 0. The smallest absolute Gasteiger partial charge is 0.315 e. The summed E-state index contributed by atoms with van der Waals surface area (Å²) in [6.45, 7) is 1.86. The van der Waals surface area contributed by atoms with E-state index in [1.54, 1.807) is 25.1 Å². The third kappa shape index (κ3) is 6.98. The molecule has 1 N–H and O–H groups in total. The predicted molar refractivity (Wildman–Crippen MR) is 96.7 cm³/mol. The van der Waals surface area contributed by atoms with Gasteiger partial charge in [0.1, 0.15) is 0 Å². The summed E-state index contributed by atoms with van der Waals surface area (Å²) in [5.41, 5.74) is 0.309. The van der Waals surface area contributed by atoms with Gasteiger partial charge in [-0.1, -0.05) is 29.3 Å². The largest absolute Gasteiger partial charge is 0.465 e. The summed E-state index contributed by atoms with van der Waals surface area (Å²) >= 11 is 13.1. The summed E-state index contributed by atoms with van der Waals surface area (Å²) in [5, 5.41) is 3.21. The van der Waals surface area contributed by atoms with E-state index in [1.807, 2.05) is 0 Å². The van der Waals surface area contributed by atoms with Crippen LogP contribution < -0.4 is 5.32 Å². The average molecular weight is 393 g/mol. The SMILES string of the molecule is CCOC(=O)CSCC(=O)N(C)CC(=O)Nc1c(Cl)cccc1Cl. The summed E-state index contributed by atoms with van der Waals surface area (Å²) < 4.78 is 4.76. The fourth-order valence-corrected chi connectivity index (χ4v) is 2.87. The number of nitrogens with one attached hydrogen (secondary N) is 1. The van der Waals surface area contributed by atoms with Crippen LogP contribution >= 0.6 is 35.0 Å². The second-order valence-corrected chi connectivity index (χ2v) is 6.49. The molecule has 1 aromatic rings. The molecule has 0 aromatic heterocycles. The summed E-state index contributed by atoms with van der Waals surface area (Å²) in [6, 6.07) is 4.87. The van der Waals surface area contributed by atoms with Gasteiger partial charge >= 0.3 is 5.97 Å². The van der Waals surface area contributed by atoms with Crippen LogP contribution in [0.3, 0.4) is 0 Å². The van der Waals surface area contributed by atoms with E-state index in [-0.39, 0.29) is 29.9 Å². The molecule has 9 heteroatoms. The van der Waals surface area contributed by atoms with Gasteiger partial charge in [0.15, 0.2) is 0 Å². The molecule has 0 aliphatic carbocycles. The number of para-hydroxylation sites is 1. The minimum atomic E-state index is -0.420. The third-order valence-electron chi connectivity index (χ3n) is 2.78. The molecule has 0 unspecified atom stereocenters. The van der Waals surface area contributed by atoms with E-state index in [9.17, 15) is 14.4 Å². The van der Waals surface area contributed by atoms with Crippen LogP contribution in [0.5, 0.6) is 0 Å². The Morgan fingerprint density at radius 3 is 2.42 bits per heavy atom. The Hall–Kier alpha value is -1.44. The molecule has 132 valence electrons. The first kappa shape index (κ1) is 20.6. The van der Waals surface area contributed by atoms with Crippen LogP contribution in [-0.4, -0.2) is 54.4 Å². The number of nitrogens with zero attached hydrogens (tertiary/aromatic N) is 1. The molecule has 0 atom stereocenters. The highest BCUT2D eigenvalue weighted by Gasteiger charge is 2.16. The monoisotopic (exact) mass is 392 g/mol. The van der Waals surface area contributed by atoms with Gasteiger partial charge in [-0.3, -0.25) is 14.4 Å². The molecule has 1 rings (SSSR count). The molecule has 24 heavy (non-hydrogen) atoms. The highest BCUT2D eigenvalue weighted by molar-refractivity contribution is 8.00. The number of halogens is 2. The Balaban J connectivity index is 2.43. The number of carbonyl (C=O) groups is 3. The molecule has 0 bridgehead atoms. The molecular weight excluding hydrogens is 375 g/mol. The number of likely N-dealkylation sites (N-methyl/N-ethyl adjacent to an activating group) is 1. The van der Waals surface area contributed by atoms with Gasteiger partial charge in [-0.2, -0.15) is 0 Å². The average Bonchev–Trinajstić information content (AvgIpc) is 2.51. The van der Waals surface area contributed by atoms with Crippen molar-refractivity contribution in [2.45, 2.75) is 6.92 Å². The first-order chi connectivity index (χ1) is 11.3. The maximum atomic E-state index is 12.0. The number of esters is 1. The van der Waals surface area contributed by atoms with Crippen molar-refractivity contribution >= 4 is 58.4 Å². The van der Waals surface area contributed by atoms with Crippen LogP contribution in [0.1, 0.15) is 6.92 Å². The molecule has 2 amide bonds. The number of rotatable bonds is 8. The number of benzene rings is 1. The summed E-state index contributed by atoms with van der Waals surface area (Å²) in [5.74, 6) is -0.894. The first-order valence-corrected chi connectivity index (χ1v) is 8.97. The van der Waals surface area contributed by atoms with Gasteiger partial charge in [-0.15, -0.1) is 11.8 Å². The Kier molecular flexibility index (Phi) is 8.95. The Morgan fingerprint density at radius 1 is 1.21 bits per heavy atom. The van der Waals surface area contributed by atoms with Gasteiger partial charge in [0.05, 0.1) is 40.4 Å². The highest BCUT2D eigenvalue weighted by Crippen LogP contribution is 2.29. The molecule has 0 saturated heterocycles. The van der Waals surface area contributed by atoms with E-state index in [1.165, 1.54) is 11.9 Å². The summed E-state index contributed by atoms with van der Waals surface area (Å²) in [7, 11) is 1.50. The Bertz CT molecular complexity index is 593. The van der Waals surface area contributed by atoms with Crippen molar-refractivity contribution in [2.24, 2.45) is 0 Å². The lowest BCUT2D eigenvalue weighted by molar-refractivity contribution is -0.139. The number of hydrogen-bond donors (Lipinski definition) is 1. The lowest BCUT2D eigenvalue weighted by Crippen LogP contribution is -2.36. The van der Waals surface area contributed by atoms with E-state index in [0.29, 0.717) is 22.3 Å². The Labute approximate surface area is 154 Å². The number of thioether (sulfide) groups is 1. The third-order valence-corrected chi connectivity index (χ3v) is 4.31. The van der Waals surface area contributed by atoms with Crippen molar-refractivity contribution in [3.63, 3.8) is 0 Å². The number of carbonyl (C=O) groups excluding carboxylic acids is 3. The van der Waals surface area contributed by atoms with E-state index in [0.717, 1.165) is 11.8 Å². The topological polar surface area (TPSA) is 75.7 Å². The van der Waals surface area contributed by atoms with Gasteiger partial charge in [0.25, 0.3) is 0 Å². The van der Waals surface area contributed by atoms with E-state index in [2.05, 4.69) is 5.32 Å². The lowest BCUT2D eigenvalue weighted by Gasteiger charge is -2.17. The molecule has 0 heterocycles. The zero-order chi connectivity index (χ0) is 18.1. The second-order valence-electron chi connectivity index (χ2n) is 4.69. The molecule has 0 fully saturated rings. The van der Waals surface area contributed by atoms with Crippen LogP contribution in [0.15, 0.2) is 18.2 Å². The normalized spacial score (nSPS) is 10.2.